The van der Waals surface area contributed by atoms with E-state index in [1.165, 1.54) is 12.8 Å². The van der Waals surface area contributed by atoms with E-state index in [0.717, 1.165) is 70.5 Å². The Hall–Kier alpha value is -1.66. The summed E-state index contributed by atoms with van der Waals surface area (Å²) in [7, 11) is 0. The molecule has 138 valence electrons. The molecule has 25 heavy (non-hydrogen) atoms. The number of piperazine rings is 1. The summed E-state index contributed by atoms with van der Waals surface area (Å²) in [6.45, 7) is 7.88. The second-order valence-corrected chi connectivity index (χ2v) is 7.12. The van der Waals surface area contributed by atoms with Crippen molar-refractivity contribution in [1.82, 2.24) is 20.5 Å². The van der Waals surface area contributed by atoms with Crippen LogP contribution in [0.2, 0.25) is 0 Å². The highest BCUT2D eigenvalue weighted by Gasteiger charge is 2.18. The number of pyridine rings is 1. The SMILES string of the molecule is O=C(CCN1CCN(c2ccccn2)CC1)NCCC1CCCNC1. The quantitative estimate of drug-likeness (QED) is 0.775. The van der Waals surface area contributed by atoms with Gasteiger partial charge in [-0.1, -0.05) is 6.07 Å². The van der Waals surface area contributed by atoms with E-state index < -0.39 is 0 Å². The zero-order chi connectivity index (χ0) is 17.3. The van der Waals surface area contributed by atoms with Crippen LogP contribution < -0.4 is 15.5 Å². The summed E-state index contributed by atoms with van der Waals surface area (Å²) in [6.07, 6.45) is 6.11. The van der Waals surface area contributed by atoms with Crippen molar-refractivity contribution in [2.45, 2.75) is 25.7 Å². The first-order chi connectivity index (χ1) is 12.3. The van der Waals surface area contributed by atoms with Gasteiger partial charge in [0.05, 0.1) is 0 Å². The molecule has 6 nitrogen and oxygen atoms in total. The van der Waals surface area contributed by atoms with Gasteiger partial charge in [0.1, 0.15) is 5.82 Å². The summed E-state index contributed by atoms with van der Waals surface area (Å²) in [6, 6.07) is 6.04. The molecular weight excluding hydrogens is 314 g/mol. The number of carbonyl (C=O) groups excluding carboxylic acids is 1. The van der Waals surface area contributed by atoms with Gasteiger partial charge in [0.25, 0.3) is 0 Å². The first-order valence-corrected chi connectivity index (χ1v) is 9.67. The maximum absolute atomic E-state index is 12.0. The maximum Gasteiger partial charge on any atom is 0.221 e. The molecule has 0 bridgehead atoms. The number of nitrogens with zero attached hydrogens (tertiary/aromatic N) is 3. The fraction of sp³-hybridized carbons (Fsp3) is 0.684. The molecule has 2 aliphatic rings. The van der Waals surface area contributed by atoms with E-state index in [2.05, 4.69) is 31.5 Å². The largest absolute Gasteiger partial charge is 0.356 e. The molecule has 0 aromatic carbocycles. The molecule has 1 unspecified atom stereocenters. The number of nitrogens with one attached hydrogen (secondary N) is 2. The Labute approximate surface area is 151 Å². The average Bonchev–Trinajstić information content (AvgIpc) is 2.68. The summed E-state index contributed by atoms with van der Waals surface area (Å²) < 4.78 is 0. The van der Waals surface area contributed by atoms with Crippen molar-refractivity contribution in [2.24, 2.45) is 5.92 Å². The van der Waals surface area contributed by atoms with E-state index in [-0.39, 0.29) is 5.91 Å². The van der Waals surface area contributed by atoms with Crippen LogP contribution in [-0.2, 0) is 4.79 Å². The molecule has 0 radical (unpaired) electrons. The van der Waals surface area contributed by atoms with Crippen LogP contribution in [0.15, 0.2) is 24.4 Å². The van der Waals surface area contributed by atoms with Gasteiger partial charge < -0.3 is 15.5 Å². The Morgan fingerprint density at radius 2 is 2.16 bits per heavy atom. The van der Waals surface area contributed by atoms with Gasteiger partial charge in [0, 0.05) is 51.9 Å². The van der Waals surface area contributed by atoms with Crippen LogP contribution in [0.5, 0.6) is 0 Å². The third-order valence-corrected chi connectivity index (χ3v) is 5.27. The molecule has 1 aromatic rings. The lowest BCUT2D eigenvalue weighted by atomic mass is 9.96. The minimum atomic E-state index is 0.191. The van der Waals surface area contributed by atoms with Crippen LogP contribution in [0.1, 0.15) is 25.7 Å². The van der Waals surface area contributed by atoms with Gasteiger partial charge in [0.2, 0.25) is 5.91 Å². The van der Waals surface area contributed by atoms with Gasteiger partial charge in [-0.15, -0.1) is 0 Å². The highest BCUT2D eigenvalue weighted by Crippen LogP contribution is 2.13. The van der Waals surface area contributed by atoms with Crippen LogP contribution in [0.4, 0.5) is 5.82 Å². The second-order valence-electron chi connectivity index (χ2n) is 7.12. The van der Waals surface area contributed by atoms with Crippen LogP contribution in [0, 0.1) is 5.92 Å². The van der Waals surface area contributed by atoms with E-state index in [9.17, 15) is 4.79 Å². The molecule has 1 amide bonds. The smallest absolute Gasteiger partial charge is 0.221 e. The lowest BCUT2D eigenvalue weighted by Crippen LogP contribution is -2.47. The van der Waals surface area contributed by atoms with E-state index in [1.54, 1.807) is 0 Å². The number of piperidine rings is 1. The van der Waals surface area contributed by atoms with Crippen molar-refractivity contribution in [1.29, 1.82) is 0 Å². The highest BCUT2D eigenvalue weighted by molar-refractivity contribution is 5.76. The van der Waals surface area contributed by atoms with E-state index in [1.807, 2.05) is 18.3 Å². The fourth-order valence-electron chi connectivity index (χ4n) is 3.68. The number of anilines is 1. The summed E-state index contributed by atoms with van der Waals surface area (Å²) in [4.78, 5) is 21.1. The lowest BCUT2D eigenvalue weighted by molar-refractivity contribution is -0.121. The van der Waals surface area contributed by atoms with Crippen LogP contribution >= 0.6 is 0 Å². The predicted molar refractivity (Wildman–Crippen MR) is 101 cm³/mol. The molecule has 0 aliphatic carbocycles. The molecule has 6 heteroatoms. The van der Waals surface area contributed by atoms with Crippen LogP contribution in [0.3, 0.4) is 0 Å². The number of hydrogen-bond donors (Lipinski definition) is 2. The molecular formula is C19H31N5O. The van der Waals surface area contributed by atoms with Crippen LogP contribution in [-0.4, -0.2) is 68.1 Å². The lowest BCUT2D eigenvalue weighted by Gasteiger charge is -2.35. The van der Waals surface area contributed by atoms with Crippen molar-refractivity contribution in [3.05, 3.63) is 24.4 Å². The fourth-order valence-corrected chi connectivity index (χ4v) is 3.68. The number of aromatic nitrogens is 1. The summed E-state index contributed by atoms with van der Waals surface area (Å²) in [5, 5.41) is 6.52. The number of amides is 1. The van der Waals surface area contributed by atoms with Crippen molar-refractivity contribution in [3.63, 3.8) is 0 Å². The molecule has 0 spiro atoms. The molecule has 3 rings (SSSR count). The molecule has 1 atom stereocenters. The number of hydrogen-bond acceptors (Lipinski definition) is 5. The van der Waals surface area contributed by atoms with Crippen molar-refractivity contribution < 1.29 is 4.79 Å². The predicted octanol–water partition coefficient (Wildman–Crippen LogP) is 1.10. The molecule has 2 aliphatic heterocycles. The van der Waals surface area contributed by atoms with Crippen molar-refractivity contribution in [2.75, 3.05) is 57.3 Å². The topological polar surface area (TPSA) is 60.5 Å². The molecule has 1 aromatic heterocycles. The number of carbonyl (C=O) groups is 1. The van der Waals surface area contributed by atoms with Gasteiger partial charge in [0.15, 0.2) is 0 Å². The Kier molecular flexibility index (Phi) is 7.06. The van der Waals surface area contributed by atoms with Gasteiger partial charge >= 0.3 is 0 Å². The molecule has 2 N–H and O–H groups in total. The zero-order valence-electron chi connectivity index (χ0n) is 15.1. The molecule has 3 heterocycles. The summed E-state index contributed by atoms with van der Waals surface area (Å²) in [5.41, 5.74) is 0. The van der Waals surface area contributed by atoms with Crippen LogP contribution in [0.25, 0.3) is 0 Å². The van der Waals surface area contributed by atoms with E-state index in [0.29, 0.717) is 6.42 Å². The van der Waals surface area contributed by atoms with Crippen molar-refractivity contribution in [3.8, 4) is 0 Å². The summed E-state index contributed by atoms with van der Waals surface area (Å²) >= 11 is 0. The maximum atomic E-state index is 12.0. The number of rotatable bonds is 7. The standard InChI is InChI=1S/C19H31N5O/c25-19(22-10-6-17-4-3-8-20-16-17)7-11-23-12-14-24(15-13-23)18-5-1-2-9-21-18/h1-2,5,9,17,20H,3-4,6-8,10-16H2,(H,22,25). The minimum Gasteiger partial charge on any atom is -0.356 e. The third kappa shape index (κ3) is 5.97. The first kappa shape index (κ1) is 18.1. The molecule has 0 saturated carbocycles. The summed E-state index contributed by atoms with van der Waals surface area (Å²) in [5.74, 6) is 1.97. The Morgan fingerprint density at radius 3 is 2.88 bits per heavy atom. The Morgan fingerprint density at radius 1 is 1.28 bits per heavy atom. The first-order valence-electron chi connectivity index (χ1n) is 9.67. The monoisotopic (exact) mass is 345 g/mol. The average molecular weight is 345 g/mol. The van der Waals surface area contributed by atoms with Gasteiger partial charge in [-0.3, -0.25) is 9.69 Å². The van der Waals surface area contributed by atoms with Gasteiger partial charge in [-0.2, -0.15) is 0 Å². The minimum absolute atomic E-state index is 0.191. The normalized spacial score (nSPS) is 21.9. The third-order valence-electron chi connectivity index (χ3n) is 5.27. The van der Waals surface area contributed by atoms with Crippen molar-refractivity contribution >= 4 is 11.7 Å². The second kappa shape index (κ2) is 9.73. The zero-order valence-corrected chi connectivity index (χ0v) is 15.1. The molecule has 2 fully saturated rings. The molecule has 2 saturated heterocycles. The Balaban J connectivity index is 1.27. The van der Waals surface area contributed by atoms with Gasteiger partial charge in [-0.25, -0.2) is 4.98 Å². The Bertz CT molecular complexity index is 510. The van der Waals surface area contributed by atoms with E-state index >= 15 is 0 Å². The highest BCUT2D eigenvalue weighted by atomic mass is 16.1. The van der Waals surface area contributed by atoms with E-state index in [4.69, 9.17) is 0 Å². The van der Waals surface area contributed by atoms with Gasteiger partial charge in [-0.05, 0) is 50.4 Å².